The monoisotopic (exact) mass is 436 g/mol. The summed E-state index contributed by atoms with van der Waals surface area (Å²) in [5.41, 5.74) is 2.85. The van der Waals surface area contributed by atoms with Gasteiger partial charge in [0.1, 0.15) is 16.3 Å². The van der Waals surface area contributed by atoms with E-state index in [0.717, 1.165) is 27.2 Å². The highest BCUT2D eigenvalue weighted by atomic mass is 32.2. The highest BCUT2D eigenvalue weighted by Crippen LogP contribution is 2.40. The molecular formula is C22H20N4O2S2. The molecule has 1 saturated heterocycles. The maximum absolute atomic E-state index is 12.1. The number of pyridine rings is 1. The van der Waals surface area contributed by atoms with Crippen molar-refractivity contribution in [2.24, 2.45) is 0 Å². The van der Waals surface area contributed by atoms with Gasteiger partial charge in [0.25, 0.3) is 0 Å². The summed E-state index contributed by atoms with van der Waals surface area (Å²) < 4.78 is 24.2. The van der Waals surface area contributed by atoms with Crippen molar-refractivity contribution in [3.8, 4) is 22.6 Å². The van der Waals surface area contributed by atoms with Gasteiger partial charge >= 0.3 is 0 Å². The molecular weight excluding hydrogens is 416 g/mol. The third kappa shape index (κ3) is 3.46. The Balaban J connectivity index is 1.71. The molecule has 1 atom stereocenters. The van der Waals surface area contributed by atoms with Crippen LogP contribution >= 0.6 is 11.3 Å². The van der Waals surface area contributed by atoms with E-state index >= 15 is 0 Å². The van der Waals surface area contributed by atoms with Crippen molar-refractivity contribution in [2.45, 2.75) is 12.5 Å². The molecule has 1 fully saturated rings. The maximum Gasteiger partial charge on any atom is 0.181 e. The van der Waals surface area contributed by atoms with Gasteiger partial charge in [-0.05, 0) is 24.1 Å². The van der Waals surface area contributed by atoms with Crippen molar-refractivity contribution < 1.29 is 8.42 Å². The topological polar surface area (TPSA) is 76.1 Å². The van der Waals surface area contributed by atoms with Gasteiger partial charge in [0.2, 0.25) is 0 Å². The van der Waals surface area contributed by atoms with Crippen molar-refractivity contribution in [3.63, 3.8) is 0 Å². The molecule has 0 aliphatic carbocycles. The predicted octanol–water partition coefficient (Wildman–Crippen LogP) is 4.04. The first kappa shape index (κ1) is 19.1. The largest absolute Gasteiger partial charge is 0.355 e. The van der Waals surface area contributed by atoms with E-state index in [1.54, 1.807) is 17.5 Å². The van der Waals surface area contributed by atoms with Gasteiger partial charge in [-0.25, -0.2) is 18.4 Å². The molecule has 152 valence electrons. The highest BCUT2D eigenvalue weighted by molar-refractivity contribution is 7.91. The second-order valence-electron chi connectivity index (χ2n) is 7.45. The fourth-order valence-corrected chi connectivity index (χ4v) is 6.59. The SMILES string of the molecule is CN(c1nc(-c2ccccn2)nc2scc(-c3ccccc3)c12)C1CCS(=O)(=O)C1. The molecule has 1 aliphatic heterocycles. The summed E-state index contributed by atoms with van der Waals surface area (Å²) in [5, 5.41) is 3.05. The molecule has 6 nitrogen and oxygen atoms in total. The van der Waals surface area contributed by atoms with Gasteiger partial charge in [-0.3, -0.25) is 4.98 Å². The van der Waals surface area contributed by atoms with E-state index in [1.165, 1.54) is 0 Å². The van der Waals surface area contributed by atoms with Crippen LogP contribution in [0, 0.1) is 0 Å². The van der Waals surface area contributed by atoms with Crippen LogP contribution in [0.4, 0.5) is 5.82 Å². The van der Waals surface area contributed by atoms with Crippen molar-refractivity contribution in [2.75, 3.05) is 23.5 Å². The second kappa shape index (κ2) is 7.45. The van der Waals surface area contributed by atoms with Crippen LogP contribution in [0.1, 0.15) is 6.42 Å². The Kier molecular flexibility index (Phi) is 4.75. The lowest BCUT2D eigenvalue weighted by Gasteiger charge is -2.26. The number of hydrogen-bond acceptors (Lipinski definition) is 7. The van der Waals surface area contributed by atoms with Crippen molar-refractivity contribution in [3.05, 3.63) is 60.1 Å². The number of nitrogens with zero attached hydrogens (tertiary/aromatic N) is 4. The Hall–Kier alpha value is -2.84. The number of hydrogen-bond donors (Lipinski definition) is 0. The lowest BCUT2D eigenvalue weighted by Crippen LogP contribution is -2.33. The number of anilines is 1. The third-order valence-corrected chi connectivity index (χ3v) is 8.11. The first-order chi connectivity index (χ1) is 14.5. The second-order valence-corrected chi connectivity index (χ2v) is 10.5. The molecule has 0 amide bonds. The van der Waals surface area contributed by atoms with Crippen LogP contribution in [0.25, 0.3) is 32.9 Å². The van der Waals surface area contributed by atoms with Crippen LogP contribution in [0.3, 0.4) is 0 Å². The Bertz CT molecular complexity index is 1310. The quantitative estimate of drug-likeness (QED) is 0.481. The normalized spacial score (nSPS) is 18.0. The number of sulfone groups is 1. The fourth-order valence-electron chi connectivity index (χ4n) is 3.87. The summed E-state index contributed by atoms with van der Waals surface area (Å²) in [5.74, 6) is 1.67. The minimum Gasteiger partial charge on any atom is -0.355 e. The maximum atomic E-state index is 12.1. The van der Waals surface area contributed by atoms with Gasteiger partial charge in [-0.2, -0.15) is 0 Å². The zero-order valence-corrected chi connectivity index (χ0v) is 18.0. The zero-order chi connectivity index (χ0) is 20.7. The van der Waals surface area contributed by atoms with Gasteiger partial charge in [-0.1, -0.05) is 36.4 Å². The van der Waals surface area contributed by atoms with Gasteiger partial charge in [0.15, 0.2) is 15.7 Å². The average Bonchev–Trinajstić information content (AvgIpc) is 3.37. The molecule has 3 aromatic heterocycles. The molecule has 1 aromatic carbocycles. The van der Waals surface area contributed by atoms with E-state index in [0.29, 0.717) is 17.9 Å². The van der Waals surface area contributed by atoms with Crippen LogP contribution in [0.2, 0.25) is 0 Å². The van der Waals surface area contributed by atoms with Crippen LogP contribution in [0.5, 0.6) is 0 Å². The van der Waals surface area contributed by atoms with E-state index in [2.05, 4.69) is 22.5 Å². The number of benzene rings is 1. The van der Waals surface area contributed by atoms with E-state index < -0.39 is 9.84 Å². The molecule has 4 aromatic rings. The smallest absolute Gasteiger partial charge is 0.181 e. The van der Waals surface area contributed by atoms with E-state index in [4.69, 9.17) is 9.97 Å². The van der Waals surface area contributed by atoms with Crippen molar-refractivity contribution in [1.29, 1.82) is 0 Å². The van der Waals surface area contributed by atoms with E-state index in [1.807, 2.05) is 48.3 Å². The minimum atomic E-state index is -3.01. The molecule has 1 aliphatic rings. The molecule has 0 N–H and O–H groups in total. The molecule has 5 rings (SSSR count). The summed E-state index contributed by atoms with van der Waals surface area (Å²) in [6, 6.07) is 15.7. The van der Waals surface area contributed by atoms with Gasteiger partial charge in [-0.15, -0.1) is 11.3 Å². The van der Waals surface area contributed by atoms with Crippen LogP contribution < -0.4 is 4.90 Å². The van der Waals surface area contributed by atoms with Gasteiger partial charge in [0, 0.05) is 30.2 Å². The number of aromatic nitrogens is 3. The number of rotatable bonds is 4. The summed E-state index contributed by atoms with van der Waals surface area (Å²) in [6.45, 7) is 0. The predicted molar refractivity (Wildman–Crippen MR) is 122 cm³/mol. The molecule has 0 radical (unpaired) electrons. The Morgan fingerprint density at radius 1 is 1.07 bits per heavy atom. The Morgan fingerprint density at radius 2 is 1.87 bits per heavy atom. The standard InChI is InChI=1S/C22H20N4O2S2/c1-26(16-10-12-30(27,28)14-16)21-19-17(15-7-3-2-4-8-15)13-29-22(19)25-20(24-21)18-9-5-6-11-23-18/h2-9,11,13,16H,10,12,14H2,1H3. The molecule has 0 bridgehead atoms. The zero-order valence-electron chi connectivity index (χ0n) is 16.4. The number of fused-ring (bicyclic) bond motifs is 1. The molecule has 30 heavy (non-hydrogen) atoms. The molecule has 8 heteroatoms. The van der Waals surface area contributed by atoms with Gasteiger partial charge < -0.3 is 4.90 Å². The van der Waals surface area contributed by atoms with Crippen LogP contribution in [-0.2, 0) is 9.84 Å². The fraction of sp³-hybridized carbons (Fsp3) is 0.227. The molecule has 4 heterocycles. The van der Waals surface area contributed by atoms with Crippen molar-refractivity contribution in [1.82, 2.24) is 15.0 Å². The van der Waals surface area contributed by atoms with E-state index in [9.17, 15) is 8.42 Å². The summed E-state index contributed by atoms with van der Waals surface area (Å²) >= 11 is 1.57. The average molecular weight is 437 g/mol. The Labute approximate surface area is 179 Å². The van der Waals surface area contributed by atoms with Crippen molar-refractivity contribution >= 4 is 37.2 Å². The lowest BCUT2D eigenvalue weighted by atomic mass is 10.1. The summed E-state index contributed by atoms with van der Waals surface area (Å²) in [6.07, 6.45) is 2.33. The van der Waals surface area contributed by atoms with Gasteiger partial charge in [0.05, 0.1) is 16.9 Å². The van der Waals surface area contributed by atoms with E-state index in [-0.39, 0.29) is 17.5 Å². The highest BCUT2D eigenvalue weighted by Gasteiger charge is 2.33. The summed E-state index contributed by atoms with van der Waals surface area (Å²) in [7, 11) is -1.08. The van der Waals surface area contributed by atoms with Crippen LogP contribution in [-0.4, -0.2) is 48.0 Å². The molecule has 1 unspecified atom stereocenters. The minimum absolute atomic E-state index is 0.104. The van der Waals surface area contributed by atoms with Crippen LogP contribution in [0.15, 0.2) is 60.1 Å². The molecule has 0 saturated carbocycles. The first-order valence-electron chi connectivity index (χ1n) is 9.71. The first-order valence-corrected chi connectivity index (χ1v) is 12.4. The number of thiophene rings is 1. The lowest BCUT2D eigenvalue weighted by molar-refractivity contribution is 0.600. The molecule has 0 spiro atoms. The Morgan fingerprint density at radius 3 is 2.57 bits per heavy atom. The summed E-state index contributed by atoms with van der Waals surface area (Å²) in [4.78, 5) is 17.0. The third-order valence-electron chi connectivity index (χ3n) is 5.48.